The molecular formula is C14H18N2S. The molecule has 1 aromatic heterocycles. The van der Waals surface area contributed by atoms with Crippen LogP contribution in [0.25, 0.3) is 0 Å². The Morgan fingerprint density at radius 3 is 2.47 bits per heavy atom. The predicted molar refractivity (Wildman–Crippen MR) is 75.7 cm³/mol. The van der Waals surface area contributed by atoms with Crippen molar-refractivity contribution in [3.05, 3.63) is 52.2 Å². The van der Waals surface area contributed by atoms with E-state index in [1.54, 1.807) is 11.3 Å². The van der Waals surface area contributed by atoms with E-state index in [1.165, 1.54) is 16.1 Å². The molecule has 0 amide bonds. The highest BCUT2D eigenvalue weighted by Gasteiger charge is 2.16. The molecule has 0 aliphatic heterocycles. The maximum Gasteiger partial charge on any atom is 0.0753 e. The summed E-state index contributed by atoms with van der Waals surface area (Å²) in [6, 6.07) is 13.0. The number of anilines is 1. The van der Waals surface area contributed by atoms with Crippen molar-refractivity contribution in [3.8, 4) is 0 Å². The lowest BCUT2D eigenvalue weighted by molar-refractivity contribution is 0.692. The maximum absolute atomic E-state index is 5.90. The molecule has 1 aromatic carbocycles. The van der Waals surface area contributed by atoms with Crippen LogP contribution in [0.2, 0.25) is 0 Å². The summed E-state index contributed by atoms with van der Waals surface area (Å²) in [5.74, 6) is 0. The third kappa shape index (κ3) is 2.68. The molecule has 17 heavy (non-hydrogen) atoms. The van der Waals surface area contributed by atoms with Crippen LogP contribution in [0, 0.1) is 6.92 Å². The Morgan fingerprint density at radius 1 is 1.24 bits per heavy atom. The second-order valence-electron chi connectivity index (χ2n) is 4.21. The largest absolute Gasteiger partial charge is 0.365 e. The van der Waals surface area contributed by atoms with Crippen molar-refractivity contribution in [3.63, 3.8) is 0 Å². The van der Waals surface area contributed by atoms with Gasteiger partial charge in [-0.15, -0.1) is 11.3 Å². The van der Waals surface area contributed by atoms with Crippen molar-refractivity contribution in [1.29, 1.82) is 0 Å². The Kier molecular flexibility index (Phi) is 3.82. The van der Waals surface area contributed by atoms with Gasteiger partial charge in [0.05, 0.1) is 6.04 Å². The van der Waals surface area contributed by atoms with Crippen LogP contribution in [0.15, 0.2) is 41.8 Å². The molecule has 0 bridgehead atoms. The fraction of sp³-hybridized carbons (Fsp3) is 0.286. The van der Waals surface area contributed by atoms with Gasteiger partial charge in [0.15, 0.2) is 0 Å². The first-order valence-corrected chi connectivity index (χ1v) is 6.63. The van der Waals surface area contributed by atoms with E-state index < -0.39 is 0 Å². The minimum absolute atomic E-state index is 0.262. The molecule has 0 spiro atoms. The third-order valence-corrected chi connectivity index (χ3v) is 3.98. The summed E-state index contributed by atoms with van der Waals surface area (Å²) in [7, 11) is 2.10. The summed E-state index contributed by atoms with van der Waals surface area (Å²) in [6.45, 7) is 2.73. The number of nitrogens with zero attached hydrogens (tertiary/aromatic N) is 1. The minimum Gasteiger partial charge on any atom is -0.365 e. The van der Waals surface area contributed by atoms with Crippen molar-refractivity contribution in [2.75, 3.05) is 18.5 Å². The number of hydrogen-bond donors (Lipinski definition) is 1. The first-order chi connectivity index (χ1) is 8.22. The van der Waals surface area contributed by atoms with Gasteiger partial charge in [-0.2, -0.15) is 0 Å². The monoisotopic (exact) mass is 246 g/mol. The average Bonchev–Trinajstić information content (AvgIpc) is 2.84. The second kappa shape index (κ2) is 5.34. The van der Waals surface area contributed by atoms with E-state index in [0.29, 0.717) is 6.54 Å². The standard InChI is InChI=1S/C14H18N2S/c1-11-5-7-12(8-6-11)16(2)13(10-15)14-4-3-9-17-14/h3-9,13H,10,15H2,1-2H3. The maximum atomic E-state index is 5.90. The Labute approximate surface area is 107 Å². The lowest BCUT2D eigenvalue weighted by Gasteiger charge is -2.28. The molecule has 2 rings (SSSR count). The Morgan fingerprint density at radius 2 is 1.94 bits per heavy atom. The summed E-state index contributed by atoms with van der Waals surface area (Å²) in [5.41, 5.74) is 8.39. The number of aryl methyl sites for hydroxylation is 1. The molecule has 3 heteroatoms. The molecule has 1 unspecified atom stereocenters. The molecular weight excluding hydrogens is 228 g/mol. The summed E-state index contributed by atoms with van der Waals surface area (Å²) in [5, 5.41) is 2.10. The molecule has 2 N–H and O–H groups in total. The number of likely N-dealkylation sites (N-methyl/N-ethyl adjacent to an activating group) is 1. The van der Waals surface area contributed by atoms with Crippen molar-refractivity contribution in [2.45, 2.75) is 13.0 Å². The normalized spacial score (nSPS) is 12.4. The highest BCUT2D eigenvalue weighted by atomic mass is 32.1. The summed E-state index contributed by atoms with van der Waals surface area (Å²) < 4.78 is 0. The van der Waals surface area contributed by atoms with Crippen LogP contribution in [0.4, 0.5) is 5.69 Å². The highest BCUT2D eigenvalue weighted by molar-refractivity contribution is 7.10. The van der Waals surface area contributed by atoms with Gasteiger partial charge >= 0.3 is 0 Å². The summed E-state index contributed by atoms with van der Waals surface area (Å²) in [6.07, 6.45) is 0. The van der Waals surface area contributed by atoms with E-state index in [2.05, 4.69) is 60.6 Å². The number of benzene rings is 1. The van der Waals surface area contributed by atoms with Gasteiger partial charge < -0.3 is 10.6 Å². The van der Waals surface area contributed by atoms with Gasteiger partial charge in [-0.25, -0.2) is 0 Å². The van der Waals surface area contributed by atoms with Crippen LogP contribution in [-0.4, -0.2) is 13.6 Å². The third-order valence-electron chi connectivity index (χ3n) is 3.00. The van der Waals surface area contributed by atoms with Crippen LogP contribution in [0.1, 0.15) is 16.5 Å². The van der Waals surface area contributed by atoms with Gasteiger partial charge in [-0.1, -0.05) is 23.8 Å². The Bertz CT molecular complexity index is 448. The zero-order chi connectivity index (χ0) is 12.3. The smallest absolute Gasteiger partial charge is 0.0753 e. The van der Waals surface area contributed by atoms with Crippen LogP contribution in [-0.2, 0) is 0 Å². The molecule has 0 radical (unpaired) electrons. The number of nitrogens with two attached hydrogens (primary N) is 1. The van der Waals surface area contributed by atoms with Crippen molar-refractivity contribution >= 4 is 17.0 Å². The van der Waals surface area contributed by atoms with Crippen molar-refractivity contribution < 1.29 is 0 Å². The topological polar surface area (TPSA) is 29.3 Å². The van der Waals surface area contributed by atoms with Gasteiger partial charge in [0.25, 0.3) is 0 Å². The number of thiophene rings is 1. The van der Waals surface area contributed by atoms with Crippen LogP contribution >= 0.6 is 11.3 Å². The summed E-state index contributed by atoms with van der Waals surface area (Å²) in [4.78, 5) is 3.56. The quantitative estimate of drug-likeness (QED) is 0.897. The number of rotatable bonds is 4. The fourth-order valence-electron chi connectivity index (χ4n) is 1.91. The van der Waals surface area contributed by atoms with Gasteiger partial charge in [0, 0.05) is 24.2 Å². The molecule has 0 saturated carbocycles. The van der Waals surface area contributed by atoms with Gasteiger partial charge in [0.1, 0.15) is 0 Å². The molecule has 2 aromatic rings. The first-order valence-electron chi connectivity index (χ1n) is 5.75. The molecule has 1 heterocycles. The van der Waals surface area contributed by atoms with E-state index in [0.717, 1.165) is 0 Å². The molecule has 0 saturated heterocycles. The predicted octanol–water partition coefficient (Wildman–Crippen LogP) is 3.19. The fourth-order valence-corrected chi connectivity index (χ4v) is 2.79. The molecule has 90 valence electrons. The Hall–Kier alpha value is -1.32. The SMILES string of the molecule is Cc1ccc(N(C)C(CN)c2cccs2)cc1. The van der Waals surface area contributed by atoms with E-state index in [9.17, 15) is 0 Å². The number of hydrogen-bond acceptors (Lipinski definition) is 3. The Balaban J connectivity index is 2.23. The second-order valence-corrected chi connectivity index (χ2v) is 5.19. The van der Waals surface area contributed by atoms with Crippen molar-refractivity contribution in [2.24, 2.45) is 5.73 Å². The van der Waals surface area contributed by atoms with Gasteiger partial charge in [-0.05, 0) is 30.5 Å². The first kappa shape index (κ1) is 12.1. The van der Waals surface area contributed by atoms with E-state index in [-0.39, 0.29) is 6.04 Å². The average molecular weight is 246 g/mol. The molecule has 2 nitrogen and oxygen atoms in total. The summed E-state index contributed by atoms with van der Waals surface area (Å²) >= 11 is 1.76. The zero-order valence-corrected chi connectivity index (χ0v) is 11.1. The van der Waals surface area contributed by atoms with Gasteiger partial charge in [0.2, 0.25) is 0 Å². The molecule has 0 fully saturated rings. The minimum atomic E-state index is 0.262. The molecule has 1 atom stereocenters. The van der Waals surface area contributed by atoms with Crippen LogP contribution in [0.3, 0.4) is 0 Å². The van der Waals surface area contributed by atoms with Crippen LogP contribution < -0.4 is 10.6 Å². The lowest BCUT2D eigenvalue weighted by Crippen LogP contribution is -2.29. The van der Waals surface area contributed by atoms with E-state index in [1.807, 2.05) is 0 Å². The van der Waals surface area contributed by atoms with Gasteiger partial charge in [-0.3, -0.25) is 0 Å². The molecule has 0 aliphatic carbocycles. The lowest BCUT2D eigenvalue weighted by atomic mass is 10.1. The van der Waals surface area contributed by atoms with E-state index in [4.69, 9.17) is 5.73 Å². The molecule has 0 aliphatic rings. The van der Waals surface area contributed by atoms with E-state index >= 15 is 0 Å². The van der Waals surface area contributed by atoms with Crippen LogP contribution in [0.5, 0.6) is 0 Å². The highest BCUT2D eigenvalue weighted by Crippen LogP contribution is 2.27. The van der Waals surface area contributed by atoms with Crippen molar-refractivity contribution in [1.82, 2.24) is 0 Å². The zero-order valence-electron chi connectivity index (χ0n) is 10.3.